The summed E-state index contributed by atoms with van der Waals surface area (Å²) in [6.07, 6.45) is 1.79. The van der Waals surface area contributed by atoms with Crippen LogP contribution in [-0.4, -0.2) is 67.9 Å². The molecular formula is C13H25N5O3. The molecule has 5 N–H and O–H groups in total. The Labute approximate surface area is 124 Å². The van der Waals surface area contributed by atoms with E-state index in [1.807, 2.05) is 4.90 Å². The van der Waals surface area contributed by atoms with Gasteiger partial charge in [0.2, 0.25) is 17.7 Å². The molecule has 1 rings (SSSR count). The molecule has 8 heteroatoms. The number of nitrogens with two attached hydrogens (primary N) is 1. The molecule has 8 nitrogen and oxygen atoms in total. The number of piperidine rings is 1. The first-order valence-electron chi connectivity index (χ1n) is 7.23. The molecule has 1 heterocycles. The molecule has 0 aromatic heterocycles. The Balaban J connectivity index is 2.38. The molecule has 0 saturated carbocycles. The highest BCUT2D eigenvalue weighted by Gasteiger charge is 2.24. The molecule has 0 aromatic rings. The molecule has 0 aliphatic carbocycles. The summed E-state index contributed by atoms with van der Waals surface area (Å²) in [4.78, 5) is 35.6. The lowest BCUT2D eigenvalue weighted by atomic mass is 10.0. The fraction of sp³-hybridized carbons (Fsp3) is 0.769. The zero-order valence-electron chi connectivity index (χ0n) is 12.5. The second kappa shape index (κ2) is 9.30. The van der Waals surface area contributed by atoms with Crippen molar-refractivity contribution in [1.29, 1.82) is 0 Å². The van der Waals surface area contributed by atoms with Crippen LogP contribution < -0.4 is 21.7 Å². The molecule has 0 aromatic carbocycles. The predicted octanol–water partition coefficient (Wildman–Crippen LogP) is -2.22. The van der Waals surface area contributed by atoms with E-state index >= 15 is 0 Å². The Kier molecular flexibility index (Phi) is 7.70. The van der Waals surface area contributed by atoms with Gasteiger partial charge in [-0.25, -0.2) is 0 Å². The van der Waals surface area contributed by atoms with Gasteiger partial charge in [-0.15, -0.1) is 0 Å². The zero-order chi connectivity index (χ0) is 15.7. The number of hydrogen-bond acceptors (Lipinski definition) is 5. The van der Waals surface area contributed by atoms with E-state index in [0.29, 0.717) is 13.1 Å². The topological polar surface area (TPSA) is 117 Å². The highest BCUT2D eigenvalue weighted by Crippen LogP contribution is 2.11. The van der Waals surface area contributed by atoms with E-state index in [0.717, 1.165) is 25.9 Å². The third-order valence-electron chi connectivity index (χ3n) is 3.35. The number of hydrogen-bond donors (Lipinski definition) is 4. The Morgan fingerprint density at radius 2 is 1.76 bits per heavy atom. The molecule has 1 saturated heterocycles. The highest BCUT2D eigenvalue weighted by atomic mass is 16.2. The normalized spacial score (nSPS) is 15.7. The Bertz CT molecular complexity index is 369. The SMILES string of the molecule is CC(=O)NCCNC(=O)CN(CC(N)=O)C1CCNCC1. The van der Waals surface area contributed by atoms with Crippen molar-refractivity contribution in [3.8, 4) is 0 Å². The van der Waals surface area contributed by atoms with E-state index in [9.17, 15) is 14.4 Å². The molecule has 0 radical (unpaired) electrons. The highest BCUT2D eigenvalue weighted by molar-refractivity contribution is 5.80. The van der Waals surface area contributed by atoms with Crippen molar-refractivity contribution in [1.82, 2.24) is 20.9 Å². The summed E-state index contributed by atoms with van der Waals surface area (Å²) < 4.78 is 0. The summed E-state index contributed by atoms with van der Waals surface area (Å²) in [6, 6.07) is 0.194. The number of amides is 3. The third-order valence-corrected chi connectivity index (χ3v) is 3.35. The van der Waals surface area contributed by atoms with Crippen LogP contribution in [0.4, 0.5) is 0 Å². The van der Waals surface area contributed by atoms with Crippen LogP contribution in [0.25, 0.3) is 0 Å². The van der Waals surface area contributed by atoms with Gasteiger partial charge in [0, 0.05) is 26.1 Å². The molecule has 0 bridgehead atoms. The zero-order valence-corrected chi connectivity index (χ0v) is 12.5. The maximum atomic E-state index is 11.9. The second-order valence-electron chi connectivity index (χ2n) is 5.19. The van der Waals surface area contributed by atoms with E-state index in [2.05, 4.69) is 16.0 Å². The quantitative estimate of drug-likeness (QED) is 0.379. The number of carbonyl (C=O) groups excluding carboxylic acids is 3. The lowest BCUT2D eigenvalue weighted by molar-refractivity contribution is -0.125. The van der Waals surface area contributed by atoms with Crippen LogP contribution in [0, 0.1) is 0 Å². The van der Waals surface area contributed by atoms with Gasteiger partial charge in [0.15, 0.2) is 0 Å². The summed E-state index contributed by atoms with van der Waals surface area (Å²) in [5, 5.41) is 8.56. The van der Waals surface area contributed by atoms with Crippen molar-refractivity contribution in [3.05, 3.63) is 0 Å². The smallest absolute Gasteiger partial charge is 0.234 e. The number of rotatable bonds is 8. The fourth-order valence-corrected chi connectivity index (χ4v) is 2.37. The number of carbonyl (C=O) groups is 3. The van der Waals surface area contributed by atoms with Crippen LogP contribution in [-0.2, 0) is 14.4 Å². The number of nitrogens with zero attached hydrogens (tertiary/aromatic N) is 1. The Morgan fingerprint density at radius 3 is 2.33 bits per heavy atom. The molecule has 21 heavy (non-hydrogen) atoms. The maximum Gasteiger partial charge on any atom is 0.234 e. The molecule has 1 aliphatic heterocycles. The van der Waals surface area contributed by atoms with Crippen molar-refractivity contribution < 1.29 is 14.4 Å². The van der Waals surface area contributed by atoms with Crippen LogP contribution in [0.2, 0.25) is 0 Å². The van der Waals surface area contributed by atoms with E-state index in [4.69, 9.17) is 5.73 Å². The molecule has 1 aliphatic rings. The maximum absolute atomic E-state index is 11.9. The summed E-state index contributed by atoms with van der Waals surface area (Å²) >= 11 is 0. The van der Waals surface area contributed by atoms with Crippen LogP contribution in [0.3, 0.4) is 0 Å². The molecule has 0 atom stereocenters. The monoisotopic (exact) mass is 299 g/mol. The van der Waals surface area contributed by atoms with Gasteiger partial charge >= 0.3 is 0 Å². The van der Waals surface area contributed by atoms with Crippen LogP contribution in [0.5, 0.6) is 0 Å². The standard InChI is InChI=1S/C13H25N5O3/c1-10(19)16-6-7-17-13(21)9-18(8-12(14)20)11-2-4-15-5-3-11/h11,15H,2-9H2,1H3,(H2,14,20)(H,16,19)(H,17,21). The summed E-state index contributed by atoms with van der Waals surface area (Å²) in [5.41, 5.74) is 5.26. The van der Waals surface area contributed by atoms with Gasteiger partial charge in [0.1, 0.15) is 0 Å². The number of nitrogens with one attached hydrogen (secondary N) is 3. The van der Waals surface area contributed by atoms with E-state index in [-0.39, 0.29) is 30.9 Å². The van der Waals surface area contributed by atoms with Crippen molar-refractivity contribution in [2.24, 2.45) is 5.73 Å². The minimum atomic E-state index is -0.431. The van der Waals surface area contributed by atoms with Gasteiger partial charge in [-0.1, -0.05) is 0 Å². The van der Waals surface area contributed by atoms with Crippen molar-refractivity contribution >= 4 is 17.7 Å². The summed E-state index contributed by atoms with van der Waals surface area (Å²) in [7, 11) is 0. The average molecular weight is 299 g/mol. The largest absolute Gasteiger partial charge is 0.369 e. The lowest BCUT2D eigenvalue weighted by Crippen LogP contribution is -2.50. The average Bonchev–Trinajstić information content (AvgIpc) is 2.43. The van der Waals surface area contributed by atoms with E-state index in [1.54, 1.807) is 0 Å². The fourth-order valence-electron chi connectivity index (χ4n) is 2.37. The first-order valence-corrected chi connectivity index (χ1v) is 7.23. The number of primary amides is 1. The van der Waals surface area contributed by atoms with Crippen LogP contribution >= 0.6 is 0 Å². The van der Waals surface area contributed by atoms with Gasteiger partial charge < -0.3 is 21.7 Å². The third kappa shape index (κ3) is 7.62. The lowest BCUT2D eigenvalue weighted by Gasteiger charge is -2.33. The van der Waals surface area contributed by atoms with Crippen molar-refractivity contribution in [3.63, 3.8) is 0 Å². The molecule has 120 valence electrons. The van der Waals surface area contributed by atoms with E-state index < -0.39 is 5.91 Å². The van der Waals surface area contributed by atoms with Crippen LogP contribution in [0.15, 0.2) is 0 Å². The van der Waals surface area contributed by atoms with Gasteiger partial charge in [0.05, 0.1) is 13.1 Å². The Morgan fingerprint density at radius 1 is 1.14 bits per heavy atom. The van der Waals surface area contributed by atoms with Crippen LogP contribution in [0.1, 0.15) is 19.8 Å². The van der Waals surface area contributed by atoms with E-state index in [1.165, 1.54) is 6.92 Å². The molecule has 3 amide bonds. The summed E-state index contributed by atoms with van der Waals surface area (Å²) in [6.45, 7) is 4.18. The van der Waals surface area contributed by atoms with Crippen molar-refractivity contribution in [2.75, 3.05) is 39.3 Å². The summed E-state index contributed by atoms with van der Waals surface area (Å²) in [5.74, 6) is -0.728. The van der Waals surface area contributed by atoms with Gasteiger partial charge in [0.25, 0.3) is 0 Å². The van der Waals surface area contributed by atoms with Gasteiger partial charge in [-0.2, -0.15) is 0 Å². The first kappa shape index (κ1) is 17.4. The molecule has 0 spiro atoms. The second-order valence-corrected chi connectivity index (χ2v) is 5.19. The molecule has 1 fully saturated rings. The van der Waals surface area contributed by atoms with Gasteiger partial charge in [-0.05, 0) is 25.9 Å². The molecular weight excluding hydrogens is 274 g/mol. The minimum absolute atomic E-state index is 0.0871. The minimum Gasteiger partial charge on any atom is -0.369 e. The van der Waals surface area contributed by atoms with Gasteiger partial charge in [-0.3, -0.25) is 19.3 Å². The molecule has 0 unspecified atom stereocenters. The van der Waals surface area contributed by atoms with Crippen molar-refractivity contribution in [2.45, 2.75) is 25.8 Å². The first-order chi connectivity index (χ1) is 9.99. The predicted molar refractivity (Wildman–Crippen MR) is 78.4 cm³/mol. The Hall–Kier alpha value is -1.67.